The molecule has 4 rings (SSSR count). The predicted molar refractivity (Wildman–Crippen MR) is 135 cm³/mol. The molecule has 10 heteroatoms. The lowest BCUT2D eigenvalue weighted by molar-refractivity contribution is 0.0127. The SMILES string of the molecule is Cc1ccc(NC(=O)c2ccnc(C(C)(F)F)c2)cc1-c1cc(NCCO)nc(N2CCOCC2)c1. The number of pyridine rings is 2. The Hall–Kier alpha value is -3.63. The second kappa shape index (κ2) is 11.0. The monoisotopic (exact) mass is 497 g/mol. The van der Waals surface area contributed by atoms with Crippen LogP contribution in [0.1, 0.15) is 28.5 Å². The van der Waals surface area contributed by atoms with Gasteiger partial charge in [-0.1, -0.05) is 6.07 Å². The maximum Gasteiger partial charge on any atom is 0.286 e. The first-order valence-electron chi connectivity index (χ1n) is 11.7. The van der Waals surface area contributed by atoms with Crippen molar-refractivity contribution in [2.24, 2.45) is 0 Å². The number of alkyl halides is 2. The summed E-state index contributed by atoms with van der Waals surface area (Å²) in [5, 5.41) is 15.2. The number of halogens is 2. The lowest BCUT2D eigenvalue weighted by atomic mass is 10.00. The highest BCUT2D eigenvalue weighted by Gasteiger charge is 2.27. The molecule has 0 radical (unpaired) electrons. The van der Waals surface area contributed by atoms with Gasteiger partial charge in [-0.3, -0.25) is 9.78 Å². The van der Waals surface area contributed by atoms with Gasteiger partial charge in [0, 0.05) is 44.0 Å². The normalized spacial score (nSPS) is 14.0. The van der Waals surface area contributed by atoms with Gasteiger partial charge in [0.05, 0.1) is 19.8 Å². The van der Waals surface area contributed by atoms with Gasteiger partial charge in [-0.2, -0.15) is 8.78 Å². The summed E-state index contributed by atoms with van der Waals surface area (Å²) in [4.78, 5) is 23.3. The molecule has 1 amide bonds. The second-order valence-corrected chi connectivity index (χ2v) is 8.65. The highest BCUT2D eigenvalue weighted by Crippen LogP contribution is 2.32. The van der Waals surface area contributed by atoms with Crippen LogP contribution in [0.3, 0.4) is 0 Å². The molecule has 0 aliphatic carbocycles. The molecule has 2 aromatic heterocycles. The van der Waals surface area contributed by atoms with Crippen molar-refractivity contribution in [2.45, 2.75) is 19.8 Å². The molecule has 3 N–H and O–H groups in total. The van der Waals surface area contributed by atoms with Crippen LogP contribution in [0.25, 0.3) is 11.1 Å². The number of benzene rings is 1. The van der Waals surface area contributed by atoms with Crippen LogP contribution in [0.15, 0.2) is 48.7 Å². The molecule has 1 aliphatic rings. The fourth-order valence-corrected chi connectivity index (χ4v) is 3.93. The molecule has 0 atom stereocenters. The second-order valence-electron chi connectivity index (χ2n) is 8.65. The van der Waals surface area contributed by atoms with Gasteiger partial charge in [0.25, 0.3) is 11.8 Å². The van der Waals surface area contributed by atoms with Crippen molar-refractivity contribution in [1.29, 1.82) is 0 Å². The van der Waals surface area contributed by atoms with Crippen LogP contribution in [0.2, 0.25) is 0 Å². The number of rotatable bonds is 8. The number of ether oxygens (including phenoxy) is 1. The van der Waals surface area contributed by atoms with E-state index in [2.05, 4.69) is 20.5 Å². The first-order chi connectivity index (χ1) is 17.2. The number of anilines is 3. The summed E-state index contributed by atoms with van der Waals surface area (Å²) in [6.07, 6.45) is 1.20. The van der Waals surface area contributed by atoms with E-state index in [1.54, 1.807) is 6.07 Å². The molecule has 0 bridgehead atoms. The summed E-state index contributed by atoms with van der Waals surface area (Å²) in [5.41, 5.74) is 2.91. The average molecular weight is 498 g/mol. The molecule has 0 unspecified atom stereocenters. The number of aromatic nitrogens is 2. The van der Waals surface area contributed by atoms with Crippen LogP contribution >= 0.6 is 0 Å². The van der Waals surface area contributed by atoms with Gasteiger partial charge < -0.3 is 25.4 Å². The zero-order valence-corrected chi connectivity index (χ0v) is 20.2. The van der Waals surface area contributed by atoms with E-state index < -0.39 is 17.5 Å². The maximum absolute atomic E-state index is 13.7. The van der Waals surface area contributed by atoms with Gasteiger partial charge in [-0.15, -0.1) is 0 Å². The van der Waals surface area contributed by atoms with Crippen LogP contribution in [0.4, 0.5) is 26.1 Å². The zero-order chi connectivity index (χ0) is 25.7. The minimum atomic E-state index is -3.14. The van der Waals surface area contributed by atoms with Crippen LogP contribution in [-0.2, 0) is 10.7 Å². The Morgan fingerprint density at radius 2 is 1.94 bits per heavy atom. The molecule has 36 heavy (non-hydrogen) atoms. The minimum absolute atomic E-state index is 0.0278. The number of nitrogens with one attached hydrogen (secondary N) is 2. The van der Waals surface area contributed by atoms with E-state index in [1.807, 2.05) is 31.2 Å². The number of carbonyl (C=O) groups is 1. The van der Waals surface area contributed by atoms with Crippen LogP contribution < -0.4 is 15.5 Å². The van der Waals surface area contributed by atoms with Gasteiger partial charge in [0.2, 0.25) is 0 Å². The number of nitrogens with zero attached hydrogens (tertiary/aromatic N) is 3. The minimum Gasteiger partial charge on any atom is -0.395 e. The number of aliphatic hydroxyl groups excluding tert-OH is 1. The van der Waals surface area contributed by atoms with E-state index in [9.17, 15) is 18.7 Å². The molecule has 1 fully saturated rings. The number of morpholine rings is 1. The number of hydrogen-bond donors (Lipinski definition) is 3. The number of aryl methyl sites for hydroxylation is 1. The van der Waals surface area contributed by atoms with Crippen molar-refractivity contribution in [3.63, 3.8) is 0 Å². The third kappa shape index (κ3) is 6.13. The average Bonchev–Trinajstić information content (AvgIpc) is 2.88. The van der Waals surface area contributed by atoms with Gasteiger partial charge in [-0.25, -0.2) is 4.98 Å². The van der Waals surface area contributed by atoms with Crippen molar-refractivity contribution in [1.82, 2.24) is 9.97 Å². The topological polar surface area (TPSA) is 99.6 Å². The summed E-state index contributed by atoms with van der Waals surface area (Å²) >= 11 is 0. The van der Waals surface area contributed by atoms with Crippen LogP contribution in [0.5, 0.6) is 0 Å². The quantitative estimate of drug-likeness (QED) is 0.432. The fourth-order valence-electron chi connectivity index (χ4n) is 3.93. The third-order valence-electron chi connectivity index (χ3n) is 5.84. The molecule has 8 nitrogen and oxygen atoms in total. The third-order valence-corrected chi connectivity index (χ3v) is 5.84. The Balaban J connectivity index is 1.64. The van der Waals surface area contributed by atoms with Gasteiger partial charge in [0.15, 0.2) is 0 Å². The number of hydrogen-bond acceptors (Lipinski definition) is 7. The Morgan fingerprint density at radius 1 is 1.17 bits per heavy atom. The van der Waals surface area contributed by atoms with Crippen molar-refractivity contribution >= 4 is 23.2 Å². The molecule has 1 aromatic carbocycles. The van der Waals surface area contributed by atoms with E-state index in [-0.39, 0.29) is 12.2 Å². The van der Waals surface area contributed by atoms with E-state index in [1.165, 1.54) is 12.3 Å². The number of amides is 1. The predicted octanol–water partition coefficient (Wildman–Crippen LogP) is 4.06. The first-order valence-corrected chi connectivity index (χ1v) is 11.7. The van der Waals surface area contributed by atoms with E-state index in [0.717, 1.165) is 48.6 Å². The molecule has 3 aromatic rings. The summed E-state index contributed by atoms with van der Waals surface area (Å²) in [6, 6.07) is 11.9. The number of aliphatic hydroxyl groups is 1. The van der Waals surface area contributed by atoms with E-state index in [0.29, 0.717) is 31.3 Å². The standard InChI is InChI=1S/C26H29F2N5O3/c1-17-3-4-20(31-25(35)18-5-6-29-22(13-18)26(2,27)28)16-21(17)19-14-23(30-7-10-34)32-24(15-19)33-8-11-36-12-9-33/h3-6,13-16,34H,7-12H2,1-2H3,(H,30,32)(H,31,35). The summed E-state index contributed by atoms with van der Waals surface area (Å²) in [5.74, 6) is -2.24. The van der Waals surface area contributed by atoms with Crippen molar-refractivity contribution in [3.8, 4) is 11.1 Å². The summed E-state index contributed by atoms with van der Waals surface area (Å²) < 4.78 is 32.8. The van der Waals surface area contributed by atoms with Gasteiger partial charge >= 0.3 is 0 Å². The van der Waals surface area contributed by atoms with E-state index in [4.69, 9.17) is 9.72 Å². The summed E-state index contributed by atoms with van der Waals surface area (Å²) in [7, 11) is 0. The Bertz CT molecular complexity index is 1230. The molecule has 0 saturated carbocycles. The maximum atomic E-state index is 13.7. The molecular weight excluding hydrogens is 468 g/mol. The van der Waals surface area contributed by atoms with E-state index >= 15 is 0 Å². The lowest BCUT2D eigenvalue weighted by Crippen LogP contribution is -2.36. The van der Waals surface area contributed by atoms with Gasteiger partial charge in [-0.05, 0) is 60.0 Å². The molecule has 3 heterocycles. The van der Waals surface area contributed by atoms with Crippen molar-refractivity contribution in [2.75, 3.05) is 55.0 Å². The molecule has 190 valence electrons. The zero-order valence-electron chi connectivity index (χ0n) is 20.2. The number of carbonyl (C=O) groups excluding carboxylic acids is 1. The van der Waals surface area contributed by atoms with Crippen LogP contribution in [-0.4, -0.2) is 60.4 Å². The summed E-state index contributed by atoms with van der Waals surface area (Å²) in [6.45, 7) is 5.71. The lowest BCUT2D eigenvalue weighted by Gasteiger charge is -2.28. The van der Waals surface area contributed by atoms with Gasteiger partial charge in [0.1, 0.15) is 17.3 Å². The Morgan fingerprint density at radius 3 is 2.67 bits per heavy atom. The van der Waals surface area contributed by atoms with Crippen LogP contribution in [0, 0.1) is 6.92 Å². The Labute approximate surface area is 208 Å². The van der Waals surface area contributed by atoms with Crippen molar-refractivity contribution in [3.05, 3.63) is 65.5 Å². The van der Waals surface area contributed by atoms with Crippen molar-refractivity contribution < 1.29 is 23.4 Å². The largest absolute Gasteiger partial charge is 0.395 e. The Kier molecular flexibility index (Phi) is 7.76. The molecule has 1 saturated heterocycles. The first kappa shape index (κ1) is 25.5. The molecule has 0 spiro atoms. The highest BCUT2D eigenvalue weighted by atomic mass is 19.3. The smallest absolute Gasteiger partial charge is 0.286 e. The molecule has 1 aliphatic heterocycles. The molecular formula is C26H29F2N5O3. The highest BCUT2D eigenvalue weighted by molar-refractivity contribution is 6.04. The fraction of sp³-hybridized carbons (Fsp3) is 0.346.